The van der Waals surface area contributed by atoms with Gasteiger partial charge in [-0.1, -0.05) is 0 Å². The van der Waals surface area contributed by atoms with Crippen molar-refractivity contribution in [3.63, 3.8) is 0 Å². The van der Waals surface area contributed by atoms with Gasteiger partial charge in [0.15, 0.2) is 0 Å². The molecule has 0 aliphatic carbocycles. The topological polar surface area (TPSA) is 46.9 Å². The minimum atomic E-state index is -0.178. The Balaban J connectivity index is 0.00000112. The summed E-state index contributed by atoms with van der Waals surface area (Å²) in [4.78, 5) is 14.9. The van der Waals surface area contributed by atoms with Crippen molar-refractivity contribution >= 4 is 12.4 Å². The van der Waals surface area contributed by atoms with Crippen LogP contribution < -0.4 is 11.0 Å². The Bertz CT molecular complexity index is 371. The van der Waals surface area contributed by atoms with Crippen LogP contribution in [0.5, 0.6) is 0 Å². The molecule has 1 aliphatic rings. The molecule has 15 heavy (non-hydrogen) atoms. The van der Waals surface area contributed by atoms with Crippen molar-refractivity contribution in [3.05, 3.63) is 28.4 Å². The largest absolute Gasteiger partial charge is 0.347 e. The number of aromatic nitrogens is 2. The van der Waals surface area contributed by atoms with Crippen LogP contribution in [-0.4, -0.2) is 22.6 Å². The van der Waals surface area contributed by atoms with Crippen LogP contribution in [0, 0.1) is 0 Å². The molecule has 5 heteroatoms. The fourth-order valence-electron chi connectivity index (χ4n) is 1.90. The minimum Gasteiger partial charge on any atom is -0.317 e. The highest BCUT2D eigenvalue weighted by Gasteiger charge is 2.15. The zero-order valence-electron chi connectivity index (χ0n) is 8.77. The molecule has 1 aromatic heterocycles. The number of hydrogen-bond donors (Lipinski definition) is 1. The SMILES string of the molecule is Cl.Cn1cc(C2CCNCC2)cnc1=O. The summed E-state index contributed by atoms with van der Waals surface area (Å²) in [6.07, 6.45) is 5.91. The normalized spacial score (nSPS) is 17.1. The fraction of sp³-hybridized carbons (Fsp3) is 0.600. The summed E-state index contributed by atoms with van der Waals surface area (Å²) < 4.78 is 1.55. The van der Waals surface area contributed by atoms with Gasteiger partial charge >= 0.3 is 5.69 Å². The molecule has 2 heterocycles. The number of halogens is 1. The molecule has 1 aromatic rings. The van der Waals surface area contributed by atoms with E-state index in [1.165, 1.54) is 5.56 Å². The van der Waals surface area contributed by atoms with Gasteiger partial charge in [-0.15, -0.1) is 12.4 Å². The molecular weight excluding hydrogens is 214 g/mol. The molecule has 1 fully saturated rings. The van der Waals surface area contributed by atoms with Crippen LogP contribution in [0.4, 0.5) is 0 Å². The lowest BCUT2D eigenvalue weighted by Gasteiger charge is -2.22. The maximum atomic E-state index is 11.1. The monoisotopic (exact) mass is 229 g/mol. The van der Waals surface area contributed by atoms with Crippen LogP contribution >= 0.6 is 12.4 Å². The van der Waals surface area contributed by atoms with Crippen LogP contribution in [0.3, 0.4) is 0 Å². The van der Waals surface area contributed by atoms with Crippen molar-refractivity contribution in [2.45, 2.75) is 18.8 Å². The second-order valence-corrected chi connectivity index (χ2v) is 3.81. The summed E-state index contributed by atoms with van der Waals surface area (Å²) in [7, 11) is 1.75. The molecule has 2 rings (SSSR count). The predicted octanol–water partition coefficient (Wildman–Crippen LogP) is 0.669. The minimum absolute atomic E-state index is 0. The van der Waals surface area contributed by atoms with Crippen LogP contribution in [0.1, 0.15) is 24.3 Å². The standard InChI is InChI=1S/C10H15N3O.ClH/c1-13-7-9(6-12-10(13)14)8-2-4-11-5-3-8;/h6-8,11H,2-5H2,1H3;1H. The van der Waals surface area contributed by atoms with Gasteiger partial charge in [0.05, 0.1) is 0 Å². The first-order chi connectivity index (χ1) is 6.77. The Hall–Kier alpha value is -0.870. The van der Waals surface area contributed by atoms with E-state index in [9.17, 15) is 4.79 Å². The molecule has 0 radical (unpaired) electrons. The number of rotatable bonds is 1. The third kappa shape index (κ3) is 2.79. The van der Waals surface area contributed by atoms with Crippen molar-refractivity contribution < 1.29 is 0 Å². The lowest BCUT2D eigenvalue weighted by atomic mass is 9.92. The van der Waals surface area contributed by atoms with Gasteiger partial charge in [0.25, 0.3) is 0 Å². The van der Waals surface area contributed by atoms with E-state index in [0.29, 0.717) is 5.92 Å². The second-order valence-electron chi connectivity index (χ2n) is 3.81. The van der Waals surface area contributed by atoms with Crippen LogP contribution in [0.2, 0.25) is 0 Å². The maximum Gasteiger partial charge on any atom is 0.347 e. The quantitative estimate of drug-likeness (QED) is 0.770. The van der Waals surface area contributed by atoms with Gasteiger partial charge in [0.1, 0.15) is 0 Å². The molecule has 0 bridgehead atoms. The predicted molar refractivity (Wildman–Crippen MR) is 61.6 cm³/mol. The van der Waals surface area contributed by atoms with Crippen LogP contribution in [0.25, 0.3) is 0 Å². The van der Waals surface area contributed by atoms with E-state index < -0.39 is 0 Å². The third-order valence-corrected chi connectivity index (χ3v) is 2.78. The van der Waals surface area contributed by atoms with E-state index >= 15 is 0 Å². The molecular formula is C10H16ClN3O. The lowest BCUT2D eigenvalue weighted by Crippen LogP contribution is -2.28. The first-order valence-electron chi connectivity index (χ1n) is 5.00. The summed E-state index contributed by atoms with van der Waals surface area (Å²) >= 11 is 0. The summed E-state index contributed by atoms with van der Waals surface area (Å²) in [6.45, 7) is 2.13. The maximum absolute atomic E-state index is 11.1. The zero-order valence-corrected chi connectivity index (χ0v) is 9.59. The van der Waals surface area contributed by atoms with E-state index in [4.69, 9.17) is 0 Å². The number of hydrogen-bond acceptors (Lipinski definition) is 3. The van der Waals surface area contributed by atoms with Crippen molar-refractivity contribution in [3.8, 4) is 0 Å². The fourth-order valence-corrected chi connectivity index (χ4v) is 1.90. The van der Waals surface area contributed by atoms with Crippen molar-refractivity contribution in [1.82, 2.24) is 14.9 Å². The molecule has 4 nitrogen and oxygen atoms in total. The van der Waals surface area contributed by atoms with E-state index in [2.05, 4.69) is 10.3 Å². The number of nitrogens with one attached hydrogen (secondary N) is 1. The first-order valence-corrected chi connectivity index (χ1v) is 5.00. The molecule has 84 valence electrons. The Labute approximate surface area is 95.1 Å². The van der Waals surface area contributed by atoms with Gasteiger partial charge < -0.3 is 9.88 Å². The molecule has 0 atom stereocenters. The highest BCUT2D eigenvalue weighted by Crippen LogP contribution is 2.23. The molecule has 0 unspecified atom stereocenters. The highest BCUT2D eigenvalue weighted by molar-refractivity contribution is 5.85. The molecule has 0 amide bonds. The Morgan fingerprint density at radius 3 is 2.73 bits per heavy atom. The Morgan fingerprint density at radius 1 is 1.47 bits per heavy atom. The van der Waals surface area contributed by atoms with E-state index in [1.807, 2.05) is 6.20 Å². The summed E-state index contributed by atoms with van der Waals surface area (Å²) in [5, 5.41) is 3.32. The second kappa shape index (κ2) is 5.28. The molecule has 1 N–H and O–H groups in total. The smallest absolute Gasteiger partial charge is 0.317 e. The average Bonchev–Trinajstić information content (AvgIpc) is 2.23. The Kier molecular flexibility index (Phi) is 4.29. The number of piperidine rings is 1. The van der Waals surface area contributed by atoms with E-state index in [-0.39, 0.29) is 18.1 Å². The van der Waals surface area contributed by atoms with Gasteiger partial charge in [0, 0.05) is 19.4 Å². The van der Waals surface area contributed by atoms with Crippen molar-refractivity contribution in [2.75, 3.05) is 13.1 Å². The molecule has 1 aliphatic heterocycles. The molecule has 0 spiro atoms. The third-order valence-electron chi connectivity index (χ3n) is 2.78. The van der Waals surface area contributed by atoms with Gasteiger partial charge in [-0.2, -0.15) is 0 Å². The zero-order chi connectivity index (χ0) is 9.97. The van der Waals surface area contributed by atoms with Crippen LogP contribution in [0.15, 0.2) is 17.2 Å². The highest BCUT2D eigenvalue weighted by atomic mass is 35.5. The lowest BCUT2D eigenvalue weighted by molar-refractivity contribution is 0.456. The van der Waals surface area contributed by atoms with Crippen molar-refractivity contribution in [2.24, 2.45) is 7.05 Å². The van der Waals surface area contributed by atoms with Gasteiger partial charge in [0.2, 0.25) is 0 Å². The van der Waals surface area contributed by atoms with Gasteiger partial charge in [-0.3, -0.25) is 0 Å². The van der Waals surface area contributed by atoms with E-state index in [0.717, 1.165) is 25.9 Å². The molecule has 0 saturated carbocycles. The number of aryl methyl sites for hydroxylation is 1. The Morgan fingerprint density at radius 2 is 2.13 bits per heavy atom. The van der Waals surface area contributed by atoms with E-state index in [1.54, 1.807) is 17.8 Å². The molecule has 1 saturated heterocycles. The van der Waals surface area contributed by atoms with Crippen LogP contribution in [-0.2, 0) is 7.05 Å². The summed E-state index contributed by atoms with van der Waals surface area (Å²) in [5.74, 6) is 0.565. The summed E-state index contributed by atoms with van der Waals surface area (Å²) in [6, 6.07) is 0. The molecule has 0 aromatic carbocycles. The van der Waals surface area contributed by atoms with Gasteiger partial charge in [-0.05, 0) is 37.4 Å². The van der Waals surface area contributed by atoms with Gasteiger partial charge in [-0.25, -0.2) is 9.78 Å². The first kappa shape index (κ1) is 12.2. The summed E-state index contributed by atoms with van der Waals surface area (Å²) in [5.41, 5.74) is 1.01. The number of nitrogens with zero attached hydrogens (tertiary/aromatic N) is 2. The van der Waals surface area contributed by atoms with Crippen molar-refractivity contribution in [1.29, 1.82) is 0 Å². The average molecular weight is 230 g/mol.